The molecule has 1 aliphatic carbocycles. The Bertz CT molecular complexity index is 512. The lowest BCUT2D eigenvalue weighted by atomic mass is 10.0. The van der Waals surface area contributed by atoms with Gasteiger partial charge >= 0.3 is 0 Å². The maximum absolute atomic E-state index is 5.27. The fourth-order valence-corrected chi connectivity index (χ4v) is 2.14. The van der Waals surface area contributed by atoms with Gasteiger partial charge in [-0.25, -0.2) is 4.98 Å². The summed E-state index contributed by atoms with van der Waals surface area (Å²) in [6.07, 6.45) is 5.85. The number of rotatable bonds is 4. The predicted molar refractivity (Wildman–Crippen MR) is 72.4 cm³/mol. The van der Waals surface area contributed by atoms with Crippen LogP contribution >= 0.6 is 0 Å². The van der Waals surface area contributed by atoms with Gasteiger partial charge in [-0.15, -0.1) is 0 Å². The molecular weight excluding hydrogens is 224 g/mol. The molecule has 94 valence electrons. The molecule has 1 saturated carbocycles. The van der Waals surface area contributed by atoms with Crippen molar-refractivity contribution in [2.24, 2.45) is 5.41 Å². The standard InChI is InChI=1S/C15H18N2O/c1-11(15(2)7-8-15)17-13-5-3-12(4-6-13)14-9-16-10-18-14/h3-6,9-11,17H,7-8H2,1-2H3. The van der Waals surface area contributed by atoms with E-state index in [0.717, 1.165) is 11.3 Å². The number of hydrogen-bond acceptors (Lipinski definition) is 3. The van der Waals surface area contributed by atoms with E-state index in [-0.39, 0.29) is 0 Å². The van der Waals surface area contributed by atoms with Gasteiger partial charge in [-0.2, -0.15) is 0 Å². The summed E-state index contributed by atoms with van der Waals surface area (Å²) in [7, 11) is 0. The molecule has 1 aromatic heterocycles. The van der Waals surface area contributed by atoms with Crippen molar-refractivity contribution in [1.29, 1.82) is 0 Å². The van der Waals surface area contributed by atoms with Gasteiger partial charge in [0.2, 0.25) is 0 Å². The van der Waals surface area contributed by atoms with Gasteiger partial charge in [0, 0.05) is 17.3 Å². The Morgan fingerprint density at radius 2 is 2.00 bits per heavy atom. The monoisotopic (exact) mass is 242 g/mol. The molecular formula is C15H18N2O. The van der Waals surface area contributed by atoms with E-state index < -0.39 is 0 Å². The Balaban J connectivity index is 1.71. The molecule has 1 N–H and O–H groups in total. The Kier molecular flexibility index (Phi) is 2.62. The topological polar surface area (TPSA) is 38.1 Å². The highest BCUT2D eigenvalue weighted by Crippen LogP contribution is 2.48. The van der Waals surface area contributed by atoms with E-state index in [4.69, 9.17) is 4.42 Å². The van der Waals surface area contributed by atoms with Gasteiger partial charge in [-0.05, 0) is 49.4 Å². The van der Waals surface area contributed by atoms with Crippen LogP contribution in [-0.2, 0) is 0 Å². The van der Waals surface area contributed by atoms with Crippen molar-refractivity contribution in [3.8, 4) is 11.3 Å². The van der Waals surface area contributed by atoms with Crippen LogP contribution in [0.25, 0.3) is 11.3 Å². The Hall–Kier alpha value is -1.77. The Morgan fingerprint density at radius 3 is 2.56 bits per heavy atom. The quantitative estimate of drug-likeness (QED) is 0.882. The number of hydrogen-bond donors (Lipinski definition) is 1. The van der Waals surface area contributed by atoms with Crippen LogP contribution in [0.5, 0.6) is 0 Å². The third-order valence-corrected chi connectivity index (χ3v) is 4.07. The second-order valence-corrected chi connectivity index (χ2v) is 5.46. The normalized spacial score (nSPS) is 18.3. The minimum absolute atomic E-state index is 0.490. The molecule has 0 saturated heterocycles. The minimum Gasteiger partial charge on any atom is -0.444 e. The smallest absolute Gasteiger partial charge is 0.181 e. The van der Waals surface area contributed by atoms with Gasteiger partial charge in [0.15, 0.2) is 12.2 Å². The molecule has 0 bridgehead atoms. The molecule has 0 amide bonds. The maximum Gasteiger partial charge on any atom is 0.181 e. The lowest BCUT2D eigenvalue weighted by Crippen LogP contribution is -2.24. The van der Waals surface area contributed by atoms with Gasteiger partial charge in [0.05, 0.1) is 6.20 Å². The molecule has 1 heterocycles. The summed E-state index contributed by atoms with van der Waals surface area (Å²) in [5.74, 6) is 0.809. The fourth-order valence-electron chi connectivity index (χ4n) is 2.14. The average Bonchev–Trinajstić information content (AvgIpc) is 2.94. The second-order valence-electron chi connectivity index (χ2n) is 5.46. The molecule has 1 aliphatic rings. The number of anilines is 1. The van der Waals surface area contributed by atoms with E-state index >= 15 is 0 Å². The van der Waals surface area contributed by atoms with Gasteiger partial charge in [-0.1, -0.05) is 6.92 Å². The zero-order chi connectivity index (χ0) is 12.6. The van der Waals surface area contributed by atoms with Gasteiger partial charge in [-0.3, -0.25) is 0 Å². The fraction of sp³-hybridized carbons (Fsp3) is 0.400. The number of oxazole rings is 1. The zero-order valence-electron chi connectivity index (χ0n) is 10.8. The van der Waals surface area contributed by atoms with E-state index in [1.54, 1.807) is 6.20 Å². The van der Waals surface area contributed by atoms with E-state index in [9.17, 15) is 0 Å². The van der Waals surface area contributed by atoms with Gasteiger partial charge in [0.25, 0.3) is 0 Å². The molecule has 2 aromatic rings. The minimum atomic E-state index is 0.490. The molecule has 1 atom stereocenters. The largest absolute Gasteiger partial charge is 0.444 e. The molecule has 1 fully saturated rings. The zero-order valence-corrected chi connectivity index (χ0v) is 10.8. The van der Waals surface area contributed by atoms with Crippen molar-refractivity contribution in [2.75, 3.05) is 5.32 Å². The third-order valence-electron chi connectivity index (χ3n) is 4.07. The number of nitrogens with zero attached hydrogens (tertiary/aromatic N) is 1. The molecule has 0 aliphatic heterocycles. The van der Waals surface area contributed by atoms with Gasteiger partial charge < -0.3 is 9.73 Å². The maximum atomic E-state index is 5.27. The molecule has 18 heavy (non-hydrogen) atoms. The number of nitrogens with one attached hydrogen (secondary N) is 1. The van der Waals surface area contributed by atoms with E-state index in [1.807, 2.05) is 0 Å². The average molecular weight is 242 g/mol. The van der Waals surface area contributed by atoms with Crippen molar-refractivity contribution in [3.63, 3.8) is 0 Å². The summed E-state index contributed by atoms with van der Waals surface area (Å²) < 4.78 is 5.27. The first-order valence-electron chi connectivity index (χ1n) is 6.43. The van der Waals surface area contributed by atoms with Crippen molar-refractivity contribution in [1.82, 2.24) is 4.98 Å². The lowest BCUT2D eigenvalue weighted by Gasteiger charge is -2.21. The molecule has 0 spiro atoms. The van der Waals surface area contributed by atoms with Crippen molar-refractivity contribution >= 4 is 5.69 Å². The molecule has 0 radical (unpaired) electrons. The van der Waals surface area contributed by atoms with Crippen LogP contribution in [0, 0.1) is 5.41 Å². The highest BCUT2D eigenvalue weighted by Gasteiger charge is 2.42. The van der Waals surface area contributed by atoms with E-state index in [1.165, 1.54) is 24.9 Å². The molecule has 3 rings (SSSR count). The van der Waals surface area contributed by atoms with Crippen LogP contribution in [0.1, 0.15) is 26.7 Å². The summed E-state index contributed by atoms with van der Waals surface area (Å²) in [4.78, 5) is 3.93. The highest BCUT2D eigenvalue weighted by molar-refractivity contribution is 5.60. The Morgan fingerprint density at radius 1 is 1.28 bits per heavy atom. The van der Waals surface area contributed by atoms with E-state index in [0.29, 0.717) is 11.5 Å². The molecule has 1 aromatic carbocycles. The van der Waals surface area contributed by atoms with Crippen LogP contribution in [0.4, 0.5) is 5.69 Å². The van der Waals surface area contributed by atoms with E-state index in [2.05, 4.69) is 48.4 Å². The van der Waals surface area contributed by atoms with Crippen LogP contribution < -0.4 is 5.32 Å². The van der Waals surface area contributed by atoms with Crippen LogP contribution in [0.3, 0.4) is 0 Å². The summed E-state index contributed by atoms with van der Waals surface area (Å²) in [5, 5.41) is 3.57. The first-order chi connectivity index (χ1) is 8.67. The van der Waals surface area contributed by atoms with Crippen molar-refractivity contribution in [2.45, 2.75) is 32.7 Å². The Labute approximate surface area is 107 Å². The summed E-state index contributed by atoms with van der Waals surface area (Å²) >= 11 is 0. The lowest BCUT2D eigenvalue weighted by molar-refractivity contribution is 0.493. The predicted octanol–water partition coefficient (Wildman–Crippen LogP) is 3.94. The molecule has 1 unspecified atom stereocenters. The highest BCUT2D eigenvalue weighted by atomic mass is 16.3. The van der Waals surface area contributed by atoms with Crippen LogP contribution in [-0.4, -0.2) is 11.0 Å². The first kappa shape index (κ1) is 11.3. The third kappa shape index (κ3) is 2.13. The molecule has 3 nitrogen and oxygen atoms in total. The number of aromatic nitrogens is 1. The summed E-state index contributed by atoms with van der Waals surface area (Å²) in [6, 6.07) is 8.84. The summed E-state index contributed by atoms with van der Waals surface area (Å²) in [6.45, 7) is 4.60. The summed E-state index contributed by atoms with van der Waals surface area (Å²) in [5.41, 5.74) is 2.71. The van der Waals surface area contributed by atoms with Crippen molar-refractivity contribution < 1.29 is 4.42 Å². The van der Waals surface area contributed by atoms with Crippen LogP contribution in [0.2, 0.25) is 0 Å². The van der Waals surface area contributed by atoms with Crippen molar-refractivity contribution in [3.05, 3.63) is 36.9 Å². The van der Waals surface area contributed by atoms with Crippen LogP contribution in [0.15, 0.2) is 41.3 Å². The second kappa shape index (κ2) is 4.16. The first-order valence-corrected chi connectivity index (χ1v) is 6.43. The number of benzene rings is 1. The SMILES string of the molecule is CC(Nc1ccc(-c2cnco2)cc1)C1(C)CC1. The van der Waals surface area contributed by atoms with Gasteiger partial charge in [0.1, 0.15) is 0 Å². The molecule has 3 heteroatoms.